The summed E-state index contributed by atoms with van der Waals surface area (Å²) in [5.41, 5.74) is 5.53. The quantitative estimate of drug-likeness (QED) is 0.651. The van der Waals surface area contributed by atoms with Crippen molar-refractivity contribution in [2.45, 2.75) is 13.3 Å². The number of hydrogen-bond donors (Lipinski definition) is 2. The van der Waals surface area contributed by atoms with Crippen LogP contribution in [-0.4, -0.2) is 34.2 Å². The van der Waals surface area contributed by atoms with Gasteiger partial charge in [0.15, 0.2) is 0 Å². The topological polar surface area (TPSA) is 56.3 Å². The molecule has 0 saturated carbocycles. The van der Waals surface area contributed by atoms with Crippen molar-refractivity contribution in [2.75, 3.05) is 13.1 Å². The number of fused-ring (bicyclic) bond motifs is 3. The molecule has 2 heterocycles. The van der Waals surface area contributed by atoms with Crippen molar-refractivity contribution in [2.24, 2.45) is 0 Å². The average Bonchev–Trinajstić information content (AvgIpc) is 2.92. The van der Waals surface area contributed by atoms with E-state index in [1.807, 2.05) is 19.1 Å². The summed E-state index contributed by atoms with van der Waals surface area (Å²) < 4.78 is 0. The van der Waals surface area contributed by atoms with E-state index >= 15 is 0 Å². The Kier molecular flexibility index (Phi) is 3.50. The molecule has 0 atom stereocenters. The fourth-order valence-corrected chi connectivity index (χ4v) is 3.50. The number of hydrogen-bond acceptors (Lipinski definition) is 1. The maximum absolute atomic E-state index is 11.0. The standard InChI is InChI=1S/C19H17ClN2O2/c1-11-8-14-15-9-13(12-4-6-22(7-5-12)19(23)24)2-3-17(15)21-18(14)10-16(11)20/h2-4,8-10,21H,5-7H2,1H3,(H,23,24). The highest BCUT2D eigenvalue weighted by atomic mass is 35.5. The monoisotopic (exact) mass is 340 g/mol. The smallest absolute Gasteiger partial charge is 0.407 e. The predicted octanol–water partition coefficient (Wildman–Crippen LogP) is 5.05. The first-order valence-corrected chi connectivity index (χ1v) is 8.29. The highest BCUT2D eigenvalue weighted by molar-refractivity contribution is 6.32. The van der Waals surface area contributed by atoms with Gasteiger partial charge in [-0.15, -0.1) is 0 Å². The Hall–Kier alpha value is -2.46. The largest absolute Gasteiger partial charge is 0.465 e. The van der Waals surface area contributed by atoms with Gasteiger partial charge in [-0.3, -0.25) is 0 Å². The van der Waals surface area contributed by atoms with Crippen molar-refractivity contribution in [3.05, 3.63) is 52.6 Å². The zero-order valence-corrected chi connectivity index (χ0v) is 14.0. The van der Waals surface area contributed by atoms with Gasteiger partial charge in [0, 0.05) is 39.9 Å². The van der Waals surface area contributed by atoms with Crippen LogP contribution in [0.1, 0.15) is 17.5 Å². The molecule has 1 aromatic heterocycles. The summed E-state index contributed by atoms with van der Waals surface area (Å²) in [5, 5.41) is 12.2. The molecule has 2 N–H and O–H groups in total. The number of halogens is 1. The first kappa shape index (κ1) is 15.1. The third kappa shape index (κ3) is 2.43. The number of H-pyrrole nitrogens is 1. The van der Waals surface area contributed by atoms with Crippen LogP contribution in [0.25, 0.3) is 27.4 Å². The molecular weight excluding hydrogens is 324 g/mol. The van der Waals surface area contributed by atoms with Crippen molar-refractivity contribution < 1.29 is 9.90 Å². The van der Waals surface area contributed by atoms with Crippen LogP contribution in [0.4, 0.5) is 4.79 Å². The van der Waals surface area contributed by atoms with Crippen molar-refractivity contribution >= 4 is 45.1 Å². The molecule has 3 aromatic rings. The third-order valence-electron chi connectivity index (χ3n) is 4.73. The Balaban J connectivity index is 1.79. The van der Waals surface area contributed by atoms with E-state index in [-0.39, 0.29) is 0 Å². The number of carbonyl (C=O) groups is 1. The second kappa shape index (κ2) is 5.56. The lowest BCUT2D eigenvalue weighted by molar-refractivity contribution is 0.150. The van der Waals surface area contributed by atoms with Crippen LogP contribution in [0, 0.1) is 6.92 Å². The second-order valence-electron chi connectivity index (χ2n) is 6.24. The van der Waals surface area contributed by atoms with Crippen LogP contribution in [0.3, 0.4) is 0 Å². The summed E-state index contributed by atoms with van der Waals surface area (Å²) in [6, 6.07) is 10.4. The van der Waals surface area contributed by atoms with Gasteiger partial charge < -0.3 is 15.0 Å². The van der Waals surface area contributed by atoms with Gasteiger partial charge in [-0.05, 0) is 54.3 Å². The Bertz CT molecular complexity index is 1000. The molecule has 5 heteroatoms. The Labute approximate surface area is 144 Å². The summed E-state index contributed by atoms with van der Waals surface area (Å²) in [6.45, 7) is 3.00. The fourth-order valence-electron chi connectivity index (χ4n) is 3.33. The van der Waals surface area contributed by atoms with Gasteiger partial charge in [0.25, 0.3) is 0 Å². The van der Waals surface area contributed by atoms with Gasteiger partial charge in [0.1, 0.15) is 0 Å². The van der Waals surface area contributed by atoms with Gasteiger partial charge in [-0.25, -0.2) is 4.79 Å². The van der Waals surface area contributed by atoms with Gasteiger partial charge in [0.05, 0.1) is 0 Å². The van der Waals surface area contributed by atoms with E-state index in [0.29, 0.717) is 13.1 Å². The number of aromatic nitrogens is 1. The second-order valence-corrected chi connectivity index (χ2v) is 6.65. The molecule has 0 radical (unpaired) electrons. The van der Waals surface area contributed by atoms with E-state index in [9.17, 15) is 4.79 Å². The van der Waals surface area contributed by atoms with Crippen molar-refractivity contribution in [1.82, 2.24) is 9.88 Å². The van der Waals surface area contributed by atoms with Gasteiger partial charge in [-0.2, -0.15) is 0 Å². The minimum Gasteiger partial charge on any atom is -0.465 e. The van der Waals surface area contributed by atoms with Crippen LogP contribution < -0.4 is 0 Å². The Morgan fingerprint density at radius 3 is 2.71 bits per heavy atom. The van der Waals surface area contributed by atoms with E-state index in [4.69, 9.17) is 16.7 Å². The fraction of sp³-hybridized carbons (Fsp3) is 0.211. The van der Waals surface area contributed by atoms with Crippen LogP contribution in [0.15, 0.2) is 36.4 Å². The maximum atomic E-state index is 11.0. The highest BCUT2D eigenvalue weighted by Gasteiger charge is 2.17. The third-order valence-corrected chi connectivity index (χ3v) is 5.14. The number of nitrogens with one attached hydrogen (secondary N) is 1. The van der Waals surface area contributed by atoms with E-state index in [0.717, 1.165) is 39.0 Å². The molecule has 0 saturated heterocycles. The lowest BCUT2D eigenvalue weighted by Crippen LogP contribution is -2.33. The first-order valence-electron chi connectivity index (χ1n) is 7.92. The van der Waals surface area contributed by atoms with Crippen LogP contribution in [0.5, 0.6) is 0 Å². The number of amides is 1. The normalized spacial score (nSPS) is 15.1. The molecule has 1 amide bonds. The molecule has 0 aliphatic carbocycles. The number of benzene rings is 2. The number of rotatable bonds is 1. The summed E-state index contributed by atoms with van der Waals surface area (Å²) in [7, 11) is 0. The van der Waals surface area contributed by atoms with Crippen LogP contribution in [-0.2, 0) is 0 Å². The zero-order chi connectivity index (χ0) is 16.8. The maximum Gasteiger partial charge on any atom is 0.407 e. The molecule has 0 unspecified atom stereocenters. The molecule has 4 nitrogen and oxygen atoms in total. The van der Waals surface area contributed by atoms with E-state index in [1.54, 1.807) is 0 Å². The first-order chi connectivity index (χ1) is 11.5. The van der Waals surface area contributed by atoms with Gasteiger partial charge in [0.2, 0.25) is 0 Å². The lowest BCUT2D eigenvalue weighted by Gasteiger charge is -2.23. The van der Waals surface area contributed by atoms with E-state index in [2.05, 4.69) is 29.2 Å². The van der Waals surface area contributed by atoms with Gasteiger partial charge >= 0.3 is 6.09 Å². The van der Waals surface area contributed by atoms with Gasteiger partial charge in [-0.1, -0.05) is 23.7 Å². The summed E-state index contributed by atoms with van der Waals surface area (Å²) in [5.74, 6) is 0. The lowest BCUT2D eigenvalue weighted by atomic mass is 9.97. The zero-order valence-electron chi connectivity index (χ0n) is 13.3. The van der Waals surface area contributed by atoms with Crippen LogP contribution >= 0.6 is 11.6 Å². The minimum absolute atomic E-state index is 0.450. The minimum atomic E-state index is -0.857. The molecule has 2 aromatic carbocycles. The Morgan fingerprint density at radius 2 is 2.00 bits per heavy atom. The SMILES string of the molecule is Cc1cc2c(cc1Cl)[nH]c1ccc(C3=CCN(C(=O)O)CC3)cc12. The molecule has 1 aliphatic heterocycles. The van der Waals surface area contributed by atoms with Crippen molar-refractivity contribution in [3.63, 3.8) is 0 Å². The molecule has 122 valence electrons. The van der Waals surface area contributed by atoms with Crippen molar-refractivity contribution in [1.29, 1.82) is 0 Å². The molecule has 24 heavy (non-hydrogen) atoms. The average molecular weight is 341 g/mol. The summed E-state index contributed by atoms with van der Waals surface area (Å²) in [6.07, 6.45) is 1.89. The Morgan fingerprint density at radius 1 is 1.21 bits per heavy atom. The number of carboxylic acid groups (broad SMARTS) is 1. The molecular formula is C19H17ClN2O2. The van der Waals surface area contributed by atoms with E-state index < -0.39 is 6.09 Å². The number of aryl methyl sites for hydroxylation is 1. The molecule has 0 spiro atoms. The van der Waals surface area contributed by atoms with Crippen LogP contribution in [0.2, 0.25) is 5.02 Å². The van der Waals surface area contributed by atoms with Crippen molar-refractivity contribution in [3.8, 4) is 0 Å². The predicted molar refractivity (Wildman–Crippen MR) is 97.7 cm³/mol. The molecule has 0 fully saturated rings. The molecule has 4 rings (SSSR count). The molecule has 1 aliphatic rings. The number of nitrogens with zero attached hydrogens (tertiary/aromatic N) is 1. The van der Waals surface area contributed by atoms with E-state index in [1.165, 1.54) is 15.9 Å². The molecule has 0 bridgehead atoms. The number of aromatic amines is 1. The summed E-state index contributed by atoms with van der Waals surface area (Å²) >= 11 is 6.23. The summed E-state index contributed by atoms with van der Waals surface area (Å²) in [4.78, 5) is 15.9. The highest BCUT2D eigenvalue weighted by Crippen LogP contribution is 2.32.